The Labute approximate surface area is 106 Å². The molecule has 0 aliphatic carbocycles. The Kier molecular flexibility index (Phi) is 8.55. The van der Waals surface area contributed by atoms with Crippen molar-refractivity contribution in [3.05, 3.63) is 11.8 Å². The van der Waals surface area contributed by atoms with Crippen molar-refractivity contribution < 1.29 is 18.3 Å². The first-order valence-electron chi connectivity index (χ1n) is 6.46. The number of unbranched alkanes of at least 4 members (excludes halogenated alkanes) is 1. The van der Waals surface area contributed by atoms with Crippen LogP contribution in [0.2, 0.25) is 0 Å². The maximum absolute atomic E-state index is 5.53. The first-order valence-corrected chi connectivity index (χ1v) is 8.07. The van der Waals surface area contributed by atoms with Crippen LogP contribution in [0.1, 0.15) is 26.7 Å². The minimum Gasteiger partial charge on any atom is -0.394 e. The van der Waals surface area contributed by atoms with Crippen LogP contribution in [-0.2, 0) is 18.3 Å². The van der Waals surface area contributed by atoms with Gasteiger partial charge in [0.2, 0.25) is 0 Å². The zero-order chi connectivity index (χ0) is 12.3. The molecule has 0 aromatic carbocycles. The normalized spacial score (nSPS) is 19.4. The lowest BCUT2D eigenvalue weighted by molar-refractivity contribution is 0.115. The molecule has 0 amide bonds. The smallest absolute Gasteiger partial charge is 0.348 e. The lowest BCUT2D eigenvalue weighted by Crippen LogP contribution is -2.20. The van der Waals surface area contributed by atoms with Gasteiger partial charge in [0.05, 0.1) is 13.2 Å². The van der Waals surface area contributed by atoms with Crippen LogP contribution >= 0.6 is 0 Å². The summed E-state index contributed by atoms with van der Waals surface area (Å²) in [5.74, 6) is 0. The predicted molar refractivity (Wildman–Crippen MR) is 69.3 cm³/mol. The van der Waals surface area contributed by atoms with Crippen molar-refractivity contribution in [2.75, 3.05) is 33.0 Å². The third kappa shape index (κ3) is 8.51. The summed E-state index contributed by atoms with van der Waals surface area (Å²) in [4.78, 5) is 0. The number of ether oxygens (including phenoxy) is 2. The largest absolute Gasteiger partial charge is 0.394 e. The van der Waals surface area contributed by atoms with Crippen LogP contribution in [0.4, 0.5) is 0 Å². The van der Waals surface area contributed by atoms with E-state index in [1.54, 1.807) is 0 Å². The minimum atomic E-state index is -1.54. The van der Waals surface area contributed by atoms with Crippen LogP contribution < -0.4 is 0 Å². The Morgan fingerprint density at radius 3 is 2.59 bits per heavy atom. The Morgan fingerprint density at radius 2 is 2.00 bits per heavy atom. The summed E-state index contributed by atoms with van der Waals surface area (Å²) in [5.41, 5.74) is 2.11. The standard InChI is InChI=1S/C12H24O4Si/c1-3-15-17(16-4-2)9-7-5-6-8-13-10-12-11-14-12/h7,9,12,17H,3-6,8,10-11H2,1-2H3/t12-/m0/s1. The summed E-state index contributed by atoms with van der Waals surface area (Å²) < 4.78 is 21.6. The van der Waals surface area contributed by atoms with E-state index in [2.05, 4.69) is 11.8 Å². The summed E-state index contributed by atoms with van der Waals surface area (Å²) in [6.45, 7) is 7.88. The molecule has 0 radical (unpaired) electrons. The molecule has 1 atom stereocenters. The Bertz CT molecular complexity index is 201. The topological polar surface area (TPSA) is 40.2 Å². The fourth-order valence-electron chi connectivity index (χ4n) is 1.38. The van der Waals surface area contributed by atoms with Gasteiger partial charge in [-0.1, -0.05) is 6.08 Å². The highest BCUT2D eigenvalue weighted by molar-refractivity contribution is 6.50. The first-order chi connectivity index (χ1) is 8.36. The number of epoxide rings is 1. The van der Waals surface area contributed by atoms with Crippen LogP contribution in [0.15, 0.2) is 11.8 Å². The van der Waals surface area contributed by atoms with Crippen LogP contribution in [0, 0.1) is 0 Å². The van der Waals surface area contributed by atoms with E-state index in [-0.39, 0.29) is 0 Å². The van der Waals surface area contributed by atoms with Crippen molar-refractivity contribution in [3.8, 4) is 0 Å². The summed E-state index contributed by atoms with van der Waals surface area (Å²) in [6, 6.07) is 0. The molecule has 1 fully saturated rings. The van der Waals surface area contributed by atoms with E-state index in [0.29, 0.717) is 6.10 Å². The summed E-state index contributed by atoms with van der Waals surface area (Å²) in [6.07, 6.45) is 4.59. The molecule has 0 unspecified atom stereocenters. The van der Waals surface area contributed by atoms with E-state index in [4.69, 9.17) is 18.3 Å². The minimum absolute atomic E-state index is 0.373. The summed E-state index contributed by atoms with van der Waals surface area (Å²) in [5, 5.41) is 0. The number of rotatable bonds is 11. The van der Waals surface area contributed by atoms with Gasteiger partial charge in [-0.2, -0.15) is 0 Å². The van der Waals surface area contributed by atoms with Gasteiger partial charge in [-0.3, -0.25) is 0 Å². The predicted octanol–water partition coefficient (Wildman–Crippen LogP) is 1.57. The van der Waals surface area contributed by atoms with E-state index < -0.39 is 9.28 Å². The van der Waals surface area contributed by atoms with Crippen LogP contribution in [-0.4, -0.2) is 48.4 Å². The summed E-state index contributed by atoms with van der Waals surface area (Å²) in [7, 11) is -1.54. The Hall–Kier alpha value is -0.203. The van der Waals surface area contributed by atoms with Gasteiger partial charge in [0.1, 0.15) is 6.10 Å². The van der Waals surface area contributed by atoms with E-state index in [1.807, 2.05) is 13.8 Å². The van der Waals surface area contributed by atoms with Crippen molar-refractivity contribution in [1.82, 2.24) is 0 Å². The van der Waals surface area contributed by atoms with Crippen molar-refractivity contribution >= 4 is 9.28 Å². The molecular formula is C12H24O4Si. The fourth-order valence-corrected chi connectivity index (χ4v) is 2.77. The third-order valence-corrected chi connectivity index (χ3v) is 4.23. The number of allylic oxidation sites excluding steroid dienone is 1. The Morgan fingerprint density at radius 1 is 1.29 bits per heavy atom. The van der Waals surface area contributed by atoms with Gasteiger partial charge in [-0.25, -0.2) is 0 Å². The SMILES string of the molecule is CCO[SiH](C=CCCCOC[C@H]1CO1)OCC. The van der Waals surface area contributed by atoms with Gasteiger partial charge in [-0.15, -0.1) is 0 Å². The number of hydrogen-bond acceptors (Lipinski definition) is 4. The van der Waals surface area contributed by atoms with Crippen LogP contribution in [0.25, 0.3) is 0 Å². The molecule has 0 bridgehead atoms. The van der Waals surface area contributed by atoms with Gasteiger partial charge >= 0.3 is 9.28 Å². The molecule has 17 heavy (non-hydrogen) atoms. The van der Waals surface area contributed by atoms with Crippen molar-refractivity contribution in [2.24, 2.45) is 0 Å². The monoisotopic (exact) mass is 260 g/mol. The van der Waals surface area contributed by atoms with E-state index in [9.17, 15) is 0 Å². The highest BCUT2D eigenvalue weighted by Gasteiger charge is 2.21. The first kappa shape index (κ1) is 14.9. The van der Waals surface area contributed by atoms with Gasteiger partial charge < -0.3 is 18.3 Å². The molecule has 4 nitrogen and oxygen atoms in total. The van der Waals surface area contributed by atoms with E-state index in [0.717, 1.165) is 45.9 Å². The maximum atomic E-state index is 5.53. The van der Waals surface area contributed by atoms with Crippen molar-refractivity contribution in [3.63, 3.8) is 0 Å². The summed E-state index contributed by atoms with van der Waals surface area (Å²) >= 11 is 0. The quantitative estimate of drug-likeness (QED) is 0.321. The van der Waals surface area contributed by atoms with Crippen molar-refractivity contribution in [1.29, 1.82) is 0 Å². The second-order valence-corrected chi connectivity index (χ2v) is 5.67. The zero-order valence-electron chi connectivity index (χ0n) is 10.9. The average molecular weight is 260 g/mol. The lowest BCUT2D eigenvalue weighted by Gasteiger charge is -2.09. The van der Waals surface area contributed by atoms with Gasteiger partial charge in [0, 0.05) is 19.8 Å². The van der Waals surface area contributed by atoms with Gasteiger partial charge in [-0.05, 0) is 32.4 Å². The fraction of sp³-hybridized carbons (Fsp3) is 0.833. The molecule has 1 aliphatic heterocycles. The highest BCUT2D eigenvalue weighted by atomic mass is 28.3. The average Bonchev–Trinajstić information content (AvgIpc) is 3.12. The van der Waals surface area contributed by atoms with Gasteiger partial charge in [0.15, 0.2) is 0 Å². The van der Waals surface area contributed by atoms with Crippen LogP contribution in [0.5, 0.6) is 0 Å². The second-order valence-electron chi connectivity index (χ2n) is 3.88. The number of hydrogen-bond donors (Lipinski definition) is 0. The molecule has 1 saturated heterocycles. The molecule has 1 rings (SSSR count). The Balaban J connectivity index is 1.93. The van der Waals surface area contributed by atoms with Crippen molar-refractivity contribution in [2.45, 2.75) is 32.8 Å². The van der Waals surface area contributed by atoms with E-state index >= 15 is 0 Å². The highest BCUT2D eigenvalue weighted by Crippen LogP contribution is 2.08. The van der Waals surface area contributed by atoms with Gasteiger partial charge in [0.25, 0.3) is 0 Å². The molecule has 100 valence electrons. The van der Waals surface area contributed by atoms with E-state index in [1.165, 1.54) is 0 Å². The molecule has 0 saturated carbocycles. The maximum Gasteiger partial charge on any atom is 0.348 e. The molecule has 5 heteroatoms. The second kappa shape index (κ2) is 9.79. The molecule has 0 aromatic heterocycles. The molecule has 1 aliphatic rings. The molecule has 0 spiro atoms. The third-order valence-electron chi connectivity index (χ3n) is 2.32. The molecule has 1 heterocycles. The zero-order valence-corrected chi connectivity index (χ0v) is 12.0. The molecule has 0 N–H and O–H groups in total. The molecular weight excluding hydrogens is 236 g/mol. The molecule has 0 aromatic rings. The lowest BCUT2D eigenvalue weighted by atomic mass is 10.3. The van der Waals surface area contributed by atoms with Crippen LogP contribution in [0.3, 0.4) is 0 Å².